The van der Waals surface area contributed by atoms with Crippen molar-refractivity contribution in [2.45, 2.75) is 12.5 Å². The van der Waals surface area contributed by atoms with E-state index < -0.39 is 43.2 Å². The summed E-state index contributed by atoms with van der Waals surface area (Å²) in [6.07, 6.45) is 2.40. The monoisotopic (exact) mass is 530 g/mol. The zero-order chi connectivity index (χ0) is 27.3. The molecule has 0 radical (unpaired) electrons. The maximum Gasteiger partial charge on any atom is 0.329 e. The fraction of sp³-hybridized carbons (Fsp3) is 0.300. The van der Waals surface area contributed by atoms with Gasteiger partial charge in [0, 0.05) is 28.7 Å². The third kappa shape index (κ3) is 6.25. The smallest absolute Gasteiger partial charge is 0.329 e. The van der Waals surface area contributed by atoms with E-state index in [1.165, 1.54) is 29.2 Å². The van der Waals surface area contributed by atoms with Gasteiger partial charge in [0.25, 0.3) is 0 Å². The zero-order valence-electron chi connectivity index (χ0n) is 20.6. The molecule has 180 valence electrons. The van der Waals surface area contributed by atoms with Crippen LogP contribution >= 0.6 is 34.8 Å². The number of amides is 2. The first-order valence-corrected chi connectivity index (χ1v) is 10.9. The van der Waals surface area contributed by atoms with Crippen LogP contribution in [0.25, 0.3) is 5.69 Å². The summed E-state index contributed by atoms with van der Waals surface area (Å²) in [5.41, 5.74) is 0.787. The Hall–Kier alpha value is -3.15. The number of rotatable bonds is 9. The van der Waals surface area contributed by atoms with Gasteiger partial charge in [0.15, 0.2) is 5.15 Å². The summed E-state index contributed by atoms with van der Waals surface area (Å²) in [6.45, 7) is -3.14. The third-order valence-corrected chi connectivity index (χ3v) is 5.23. The number of esters is 1. The number of hydrogen-bond acceptors (Lipinski definition) is 7. The highest BCUT2D eigenvalue weighted by atomic mass is 35.5. The average molecular weight is 532 g/mol. The molecule has 2 amide bonds. The van der Waals surface area contributed by atoms with E-state index in [-0.39, 0.29) is 23.0 Å². The molecule has 3 rings (SSSR count). The van der Waals surface area contributed by atoms with Crippen LogP contribution in [0, 0.1) is 0 Å². The van der Waals surface area contributed by atoms with Crippen LogP contribution in [0.5, 0.6) is 0 Å². The number of carbonyl (C=O) groups is 3. The second kappa shape index (κ2) is 11.3. The first-order chi connectivity index (χ1) is 17.4. The fourth-order valence-corrected chi connectivity index (χ4v) is 3.54. The zero-order valence-corrected chi connectivity index (χ0v) is 19.9. The predicted molar refractivity (Wildman–Crippen MR) is 125 cm³/mol. The summed E-state index contributed by atoms with van der Waals surface area (Å²) >= 11 is 17.7. The SMILES string of the molecule is [2H]C([2H])([2H])n1ccc(CC(C(=O)OC)N(CC(=O)Nc2cc(Cl)ccc2-n2cc(Cl)nn2)C(=O)CCl)n1. The van der Waals surface area contributed by atoms with Crippen LogP contribution in [-0.4, -0.2) is 73.0 Å². The van der Waals surface area contributed by atoms with Crippen LogP contribution in [0.15, 0.2) is 36.7 Å². The van der Waals surface area contributed by atoms with Crippen molar-refractivity contribution in [2.75, 3.05) is 24.9 Å². The van der Waals surface area contributed by atoms with Gasteiger partial charge in [-0.05, 0) is 24.3 Å². The lowest BCUT2D eigenvalue weighted by Gasteiger charge is -2.28. The molecule has 0 saturated heterocycles. The van der Waals surface area contributed by atoms with E-state index in [0.717, 1.165) is 16.7 Å². The molecule has 1 unspecified atom stereocenters. The van der Waals surface area contributed by atoms with Crippen LogP contribution in [0.1, 0.15) is 9.81 Å². The second-order valence-corrected chi connectivity index (χ2v) is 7.94. The molecule has 34 heavy (non-hydrogen) atoms. The molecule has 0 saturated carbocycles. The summed E-state index contributed by atoms with van der Waals surface area (Å²) < 4.78 is 29.2. The van der Waals surface area contributed by atoms with Crippen molar-refractivity contribution in [3.8, 4) is 5.69 Å². The van der Waals surface area contributed by atoms with E-state index in [1.807, 2.05) is 0 Å². The Morgan fingerprint density at radius 2 is 2.09 bits per heavy atom. The first kappa shape index (κ1) is 21.4. The number of methoxy groups -OCH3 is 1. The Balaban J connectivity index is 1.87. The van der Waals surface area contributed by atoms with Gasteiger partial charge in [0.2, 0.25) is 11.8 Å². The van der Waals surface area contributed by atoms with Crippen LogP contribution in [-0.2, 0) is 32.5 Å². The Kier molecular flexibility index (Phi) is 7.12. The molecule has 0 spiro atoms. The molecule has 1 N–H and O–H groups in total. The number of alkyl halides is 1. The minimum Gasteiger partial charge on any atom is -0.467 e. The molecule has 1 aromatic carbocycles. The fourth-order valence-electron chi connectivity index (χ4n) is 3.09. The molecule has 3 aromatic rings. The molecule has 0 fully saturated rings. The van der Waals surface area contributed by atoms with Crippen molar-refractivity contribution in [1.82, 2.24) is 29.7 Å². The van der Waals surface area contributed by atoms with Crippen LogP contribution in [0.3, 0.4) is 0 Å². The minimum absolute atomic E-state index is 0.118. The molecule has 0 bridgehead atoms. The molecule has 2 heterocycles. The summed E-state index contributed by atoms with van der Waals surface area (Å²) in [7, 11) is 1.11. The molecular weight excluding hydrogens is 509 g/mol. The molecule has 2 aromatic heterocycles. The quantitative estimate of drug-likeness (QED) is 0.331. The highest BCUT2D eigenvalue weighted by Crippen LogP contribution is 2.25. The number of ether oxygens (including phenoxy) is 1. The lowest BCUT2D eigenvalue weighted by Crippen LogP contribution is -2.50. The second-order valence-electron chi connectivity index (χ2n) is 6.85. The van der Waals surface area contributed by atoms with Crippen molar-refractivity contribution in [1.29, 1.82) is 0 Å². The third-order valence-electron chi connectivity index (χ3n) is 4.59. The van der Waals surface area contributed by atoms with Crippen molar-refractivity contribution >= 4 is 58.3 Å². The van der Waals surface area contributed by atoms with E-state index in [9.17, 15) is 14.4 Å². The van der Waals surface area contributed by atoms with Gasteiger partial charge in [0.1, 0.15) is 18.5 Å². The highest BCUT2D eigenvalue weighted by Gasteiger charge is 2.33. The number of halogens is 3. The molecule has 11 nitrogen and oxygen atoms in total. The number of benzene rings is 1. The maximum absolute atomic E-state index is 13.0. The molecule has 0 aliphatic carbocycles. The Bertz CT molecular complexity index is 1300. The van der Waals surface area contributed by atoms with Crippen molar-refractivity contribution in [3.05, 3.63) is 52.5 Å². The van der Waals surface area contributed by atoms with E-state index in [1.54, 1.807) is 12.1 Å². The van der Waals surface area contributed by atoms with Gasteiger partial charge in [0.05, 0.1) is 30.4 Å². The Labute approximate surface area is 213 Å². The largest absolute Gasteiger partial charge is 0.467 e. The molecular formula is C20H20Cl3N7O4. The highest BCUT2D eigenvalue weighted by molar-refractivity contribution is 6.31. The number of aromatic nitrogens is 5. The molecule has 0 aliphatic heterocycles. The summed E-state index contributed by atoms with van der Waals surface area (Å²) in [5.74, 6) is -2.83. The van der Waals surface area contributed by atoms with Gasteiger partial charge in [-0.1, -0.05) is 28.4 Å². The van der Waals surface area contributed by atoms with E-state index >= 15 is 0 Å². The predicted octanol–water partition coefficient (Wildman–Crippen LogP) is 2.10. The number of hydrogen-bond donors (Lipinski definition) is 1. The lowest BCUT2D eigenvalue weighted by molar-refractivity contribution is -0.152. The van der Waals surface area contributed by atoms with Crippen molar-refractivity contribution in [2.24, 2.45) is 6.98 Å². The number of aryl methyl sites for hydroxylation is 1. The van der Waals surface area contributed by atoms with E-state index in [4.69, 9.17) is 43.7 Å². The minimum atomic E-state index is -2.53. The molecule has 0 aliphatic rings. The van der Waals surface area contributed by atoms with E-state index in [2.05, 4.69) is 20.7 Å². The average Bonchev–Trinajstić information content (AvgIpc) is 3.49. The summed E-state index contributed by atoms with van der Waals surface area (Å²) in [5, 5.41) is 14.6. The topological polar surface area (TPSA) is 124 Å². The van der Waals surface area contributed by atoms with Gasteiger partial charge >= 0.3 is 5.97 Å². The first-order valence-electron chi connectivity index (χ1n) is 11.1. The van der Waals surface area contributed by atoms with E-state index in [0.29, 0.717) is 10.7 Å². The van der Waals surface area contributed by atoms with Crippen LogP contribution in [0.2, 0.25) is 10.2 Å². The maximum atomic E-state index is 13.0. The van der Waals surface area contributed by atoms with Crippen molar-refractivity contribution in [3.63, 3.8) is 0 Å². The van der Waals surface area contributed by atoms with Gasteiger partial charge in [-0.3, -0.25) is 14.3 Å². The van der Waals surface area contributed by atoms with Crippen molar-refractivity contribution < 1.29 is 23.2 Å². The van der Waals surface area contributed by atoms with Gasteiger partial charge in [-0.2, -0.15) is 5.10 Å². The van der Waals surface area contributed by atoms with Crippen LogP contribution < -0.4 is 5.32 Å². The van der Waals surface area contributed by atoms with Crippen LogP contribution in [0.4, 0.5) is 5.69 Å². The van der Waals surface area contributed by atoms with Gasteiger partial charge < -0.3 is 15.0 Å². The Morgan fingerprint density at radius 1 is 1.29 bits per heavy atom. The number of carbonyl (C=O) groups excluding carboxylic acids is 3. The van der Waals surface area contributed by atoms with Gasteiger partial charge in [-0.25, -0.2) is 9.48 Å². The summed E-state index contributed by atoms with van der Waals surface area (Å²) in [4.78, 5) is 39.3. The molecule has 1 atom stereocenters. The number of nitrogens with zero attached hydrogens (tertiary/aromatic N) is 6. The normalized spacial score (nSPS) is 13.4. The standard InChI is InChI=1S/C20H20Cl3N7O4/c1-28-6-5-13(26-28)8-16(20(33)34-2)29(19(32)9-21)11-18(31)24-14-7-12(22)3-4-15(14)30-10-17(23)25-27-30/h3-7,10,16H,8-9,11H2,1-2H3,(H,24,31)/i1D3. The number of nitrogens with one attached hydrogen (secondary N) is 1. The van der Waals surface area contributed by atoms with Gasteiger partial charge in [-0.15, -0.1) is 16.7 Å². The lowest BCUT2D eigenvalue weighted by atomic mass is 10.1. The Morgan fingerprint density at radius 3 is 2.71 bits per heavy atom. The number of anilines is 1. The molecule has 14 heteroatoms. The summed E-state index contributed by atoms with van der Waals surface area (Å²) in [6, 6.07) is 4.65.